The minimum atomic E-state index is 0. The lowest BCUT2D eigenvalue weighted by Crippen LogP contribution is -2.18. The molecule has 2 aliphatic heterocycles. The van der Waals surface area contributed by atoms with Gasteiger partial charge in [-0.05, 0) is 30.5 Å². The number of aryl methyl sites for hydroxylation is 1. The lowest BCUT2D eigenvalue weighted by atomic mass is 10.1. The lowest BCUT2D eigenvalue weighted by molar-refractivity contribution is 0.586. The molecule has 0 unspecified atom stereocenters. The fourth-order valence-electron chi connectivity index (χ4n) is 3.56. The molecule has 2 aromatic rings. The minimum absolute atomic E-state index is 0. The summed E-state index contributed by atoms with van der Waals surface area (Å²) in [6.45, 7) is 5.40. The highest BCUT2D eigenvalue weighted by atomic mass is 79.9. The van der Waals surface area contributed by atoms with Crippen LogP contribution in [-0.4, -0.2) is 26.2 Å². The van der Waals surface area contributed by atoms with Crippen molar-refractivity contribution in [2.45, 2.75) is 32.2 Å². The molecule has 0 bridgehead atoms. The number of hydrogen-bond donors (Lipinski definition) is 0. The Morgan fingerprint density at radius 2 is 2.03 bits per heavy atom. The first-order chi connectivity index (χ1) is 13.7. The van der Waals surface area contributed by atoms with Crippen molar-refractivity contribution in [2.75, 3.05) is 6.54 Å². The van der Waals surface area contributed by atoms with Crippen LogP contribution >= 0.6 is 44.7 Å². The molecule has 4 rings (SSSR count). The molecule has 0 saturated heterocycles. The third-order valence-corrected chi connectivity index (χ3v) is 6.45. The van der Waals surface area contributed by atoms with Gasteiger partial charge in [0, 0.05) is 29.4 Å². The van der Waals surface area contributed by atoms with Gasteiger partial charge in [-0.25, -0.2) is 0 Å². The molecule has 3 heterocycles. The van der Waals surface area contributed by atoms with Gasteiger partial charge in [0.15, 0.2) is 5.82 Å². The molecule has 0 amide bonds. The molecular weight excluding hydrogens is 514 g/mol. The van der Waals surface area contributed by atoms with Gasteiger partial charge < -0.3 is 9.47 Å². The maximum absolute atomic E-state index is 10.0. The van der Waals surface area contributed by atoms with Crippen molar-refractivity contribution in [3.63, 3.8) is 0 Å². The zero-order valence-corrected chi connectivity index (χ0v) is 20.0. The predicted molar refractivity (Wildman–Crippen MR) is 127 cm³/mol. The summed E-state index contributed by atoms with van der Waals surface area (Å²) in [6, 6.07) is 10.6. The van der Waals surface area contributed by atoms with Crippen molar-refractivity contribution in [3.05, 3.63) is 69.0 Å². The number of aromatic nitrogens is 3. The van der Waals surface area contributed by atoms with E-state index in [-0.39, 0.29) is 17.0 Å². The predicted octanol–water partition coefficient (Wildman–Crippen LogP) is 5.77. The summed E-state index contributed by atoms with van der Waals surface area (Å²) in [7, 11) is 0. The molecule has 0 aliphatic carbocycles. The van der Waals surface area contributed by atoms with Crippen molar-refractivity contribution < 1.29 is 0 Å². The third-order valence-electron chi connectivity index (χ3n) is 4.93. The first-order valence-corrected chi connectivity index (χ1v) is 11.0. The molecule has 0 radical (unpaired) electrons. The van der Waals surface area contributed by atoms with E-state index in [1.165, 1.54) is 6.42 Å². The Morgan fingerprint density at radius 3 is 2.76 bits per heavy atom. The fourth-order valence-corrected chi connectivity index (χ4v) is 4.87. The van der Waals surface area contributed by atoms with E-state index < -0.39 is 0 Å². The Kier molecular flexibility index (Phi) is 7.38. The average molecular weight is 535 g/mol. The van der Waals surface area contributed by atoms with Crippen molar-refractivity contribution in [3.8, 4) is 6.07 Å². The summed E-state index contributed by atoms with van der Waals surface area (Å²) in [4.78, 5) is 2.14. The number of hydrogen-bond acceptors (Lipinski definition) is 5. The molecule has 29 heavy (non-hydrogen) atoms. The van der Waals surface area contributed by atoms with Crippen LogP contribution in [0.4, 0.5) is 0 Å². The molecule has 0 N–H and O–H groups in total. The van der Waals surface area contributed by atoms with E-state index >= 15 is 0 Å². The fraction of sp³-hybridized carbons (Fsp3) is 0.286. The Balaban J connectivity index is 0.00000240. The Hall–Kier alpha value is -1.82. The van der Waals surface area contributed by atoms with Crippen LogP contribution in [0.3, 0.4) is 0 Å². The standard InChI is InChI=1S/C21H20BrN5S.BrH/c1-2-11-26-18(15-7-9-16(22)10-8-15)14-28-21(26)17(13-23)20-25-24-19-6-4-3-5-12-27(19)20;/h2,7-10,14H,1,3-6,11-12H2;1H. The molecule has 2 aliphatic rings. The quantitative estimate of drug-likeness (QED) is 0.368. The highest BCUT2D eigenvalue weighted by Gasteiger charge is 2.28. The molecular formula is C21H21Br2N5S. The number of halogens is 2. The SMILES string of the molecule is Br.C=CCN1C(c2ccc(Br)cc2)=CSC1=C(C#N)c1nnc2n1CCCCC2. The zero-order valence-electron chi connectivity index (χ0n) is 15.8. The lowest BCUT2D eigenvalue weighted by Gasteiger charge is -2.23. The second-order valence-electron chi connectivity index (χ2n) is 6.72. The minimum Gasteiger partial charge on any atom is -0.330 e. The molecule has 150 valence electrons. The first kappa shape index (κ1) is 21.9. The van der Waals surface area contributed by atoms with Gasteiger partial charge in [-0.2, -0.15) is 5.26 Å². The molecule has 0 saturated carbocycles. The number of allylic oxidation sites excluding steroid dienone is 1. The number of thioether (sulfide) groups is 1. The van der Waals surface area contributed by atoms with Crippen LogP contribution in [0.5, 0.6) is 0 Å². The summed E-state index contributed by atoms with van der Waals surface area (Å²) in [5.74, 6) is 1.67. The van der Waals surface area contributed by atoms with Crippen LogP contribution in [0.1, 0.15) is 36.5 Å². The molecule has 0 spiro atoms. The maximum atomic E-state index is 10.0. The van der Waals surface area contributed by atoms with E-state index in [1.807, 2.05) is 18.2 Å². The Labute approximate surface area is 194 Å². The normalized spacial score (nSPS) is 17.5. The number of fused-ring (bicyclic) bond motifs is 1. The molecule has 0 fully saturated rings. The van der Waals surface area contributed by atoms with Crippen LogP contribution in [-0.2, 0) is 13.0 Å². The van der Waals surface area contributed by atoms with Gasteiger partial charge in [-0.1, -0.05) is 52.3 Å². The zero-order chi connectivity index (χ0) is 19.5. The average Bonchev–Trinajstić information content (AvgIpc) is 3.21. The van der Waals surface area contributed by atoms with E-state index in [1.54, 1.807) is 11.8 Å². The number of benzene rings is 1. The Bertz CT molecular complexity index is 1000. The van der Waals surface area contributed by atoms with E-state index in [4.69, 9.17) is 0 Å². The summed E-state index contributed by atoms with van der Waals surface area (Å²) in [5.41, 5.74) is 2.75. The van der Waals surface area contributed by atoms with Crippen LogP contribution in [0.2, 0.25) is 0 Å². The van der Waals surface area contributed by atoms with Crippen molar-refractivity contribution in [1.82, 2.24) is 19.7 Å². The molecule has 5 nitrogen and oxygen atoms in total. The summed E-state index contributed by atoms with van der Waals surface area (Å²) in [5, 5.41) is 21.8. The topological polar surface area (TPSA) is 57.7 Å². The van der Waals surface area contributed by atoms with Gasteiger partial charge in [0.25, 0.3) is 0 Å². The van der Waals surface area contributed by atoms with Crippen molar-refractivity contribution in [2.24, 2.45) is 0 Å². The highest BCUT2D eigenvalue weighted by Crippen LogP contribution is 2.43. The van der Waals surface area contributed by atoms with Gasteiger partial charge in [0.1, 0.15) is 22.5 Å². The molecule has 0 atom stereocenters. The highest BCUT2D eigenvalue weighted by molar-refractivity contribution is 9.10. The molecule has 1 aromatic carbocycles. The number of nitrogens with zero attached hydrogens (tertiary/aromatic N) is 5. The summed E-state index contributed by atoms with van der Waals surface area (Å²) >= 11 is 5.05. The van der Waals surface area contributed by atoms with Gasteiger partial charge in [0.05, 0.1) is 5.70 Å². The number of rotatable bonds is 4. The summed E-state index contributed by atoms with van der Waals surface area (Å²) in [6.07, 6.45) is 6.19. The van der Waals surface area contributed by atoms with Crippen molar-refractivity contribution >= 4 is 55.9 Å². The first-order valence-electron chi connectivity index (χ1n) is 9.31. The van der Waals surface area contributed by atoms with Gasteiger partial charge >= 0.3 is 0 Å². The van der Waals surface area contributed by atoms with Crippen LogP contribution in [0.25, 0.3) is 11.3 Å². The third kappa shape index (κ3) is 4.37. The van der Waals surface area contributed by atoms with E-state index in [2.05, 4.69) is 65.8 Å². The second-order valence-corrected chi connectivity index (χ2v) is 8.49. The second kappa shape index (κ2) is 9.79. The number of nitriles is 1. The van der Waals surface area contributed by atoms with Crippen LogP contribution < -0.4 is 0 Å². The van der Waals surface area contributed by atoms with Gasteiger partial charge in [-0.15, -0.1) is 33.8 Å². The van der Waals surface area contributed by atoms with Crippen LogP contribution in [0, 0.1) is 11.3 Å². The van der Waals surface area contributed by atoms with Crippen molar-refractivity contribution in [1.29, 1.82) is 5.26 Å². The molecule has 1 aromatic heterocycles. The maximum Gasteiger partial charge on any atom is 0.177 e. The van der Waals surface area contributed by atoms with E-state index in [0.717, 1.165) is 52.4 Å². The van der Waals surface area contributed by atoms with Gasteiger partial charge in [0.2, 0.25) is 0 Å². The van der Waals surface area contributed by atoms with E-state index in [0.29, 0.717) is 17.9 Å². The monoisotopic (exact) mass is 533 g/mol. The van der Waals surface area contributed by atoms with Crippen LogP contribution in [0.15, 0.2) is 51.8 Å². The largest absolute Gasteiger partial charge is 0.330 e. The molecule has 8 heteroatoms. The summed E-state index contributed by atoms with van der Waals surface area (Å²) < 4.78 is 3.17. The van der Waals surface area contributed by atoms with E-state index in [9.17, 15) is 5.26 Å². The smallest absolute Gasteiger partial charge is 0.177 e. The van der Waals surface area contributed by atoms with Gasteiger partial charge in [-0.3, -0.25) is 0 Å². The Morgan fingerprint density at radius 1 is 1.24 bits per heavy atom.